The second-order valence-corrected chi connectivity index (χ2v) is 8.81. The lowest BCUT2D eigenvalue weighted by molar-refractivity contribution is -0.119. The lowest BCUT2D eigenvalue weighted by Gasteiger charge is -2.05. The van der Waals surface area contributed by atoms with E-state index in [1.807, 2.05) is 38.1 Å². The Hall–Kier alpha value is -3.81. The summed E-state index contributed by atoms with van der Waals surface area (Å²) in [6.07, 6.45) is 7.01. The minimum atomic E-state index is -0.465. The molecule has 0 saturated heterocycles. The van der Waals surface area contributed by atoms with Crippen LogP contribution in [0.25, 0.3) is 11.3 Å². The van der Waals surface area contributed by atoms with Crippen LogP contribution in [0, 0.1) is 13.8 Å². The Balaban J connectivity index is 0.000000604. The van der Waals surface area contributed by atoms with E-state index in [4.69, 9.17) is 8.83 Å². The Labute approximate surface area is 219 Å². The topological polar surface area (TPSA) is 114 Å². The van der Waals surface area contributed by atoms with Gasteiger partial charge in [0.25, 0.3) is 11.8 Å². The average Bonchev–Trinajstić information content (AvgIpc) is 3.53. The third kappa shape index (κ3) is 9.63. The molecule has 0 fully saturated rings. The minimum Gasteiger partial charge on any atom is -0.456 e. The summed E-state index contributed by atoms with van der Waals surface area (Å²) in [7, 11) is 1.49. The maximum absolute atomic E-state index is 12.2. The van der Waals surface area contributed by atoms with E-state index in [-0.39, 0.29) is 24.1 Å². The fourth-order valence-electron chi connectivity index (χ4n) is 3.37. The van der Waals surface area contributed by atoms with Crippen molar-refractivity contribution in [1.29, 1.82) is 0 Å². The van der Waals surface area contributed by atoms with Crippen LogP contribution in [-0.4, -0.2) is 31.3 Å². The molecule has 0 atom stereocenters. The second-order valence-electron chi connectivity index (χ2n) is 8.81. The summed E-state index contributed by atoms with van der Waals surface area (Å²) >= 11 is 0. The Kier molecular flexibility index (Phi) is 12.2. The van der Waals surface area contributed by atoms with E-state index in [1.165, 1.54) is 39.2 Å². The lowest BCUT2D eigenvalue weighted by Crippen LogP contribution is -2.34. The maximum Gasteiger partial charge on any atom is 0.287 e. The van der Waals surface area contributed by atoms with Crippen molar-refractivity contribution in [3.63, 3.8) is 0 Å². The van der Waals surface area contributed by atoms with Gasteiger partial charge >= 0.3 is 0 Å². The molecule has 8 heteroatoms. The molecule has 200 valence electrons. The highest BCUT2D eigenvalue weighted by molar-refractivity contribution is 5.94. The number of hydrogen-bond donors (Lipinski definition) is 3. The van der Waals surface area contributed by atoms with Gasteiger partial charge in [0, 0.05) is 19.2 Å². The Morgan fingerprint density at radius 2 is 1.43 bits per heavy atom. The highest BCUT2D eigenvalue weighted by Crippen LogP contribution is 2.23. The van der Waals surface area contributed by atoms with Crippen molar-refractivity contribution in [1.82, 2.24) is 16.0 Å². The van der Waals surface area contributed by atoms with Crippen molar-refractivity contribution in [2.45, 2.75) is 66.3 Å². The molecule has 8 nitrogen and oxygen atoms in total. The number of rotatable bonds is 11. The molecule has 2 aromatic heterocycles. The van der Waals surface area contributed by atoms with E-state index in [9.17, 15) is 14.4 Å². The highest BCUT2D eigenvalue weighted by atomic mass is 16.4. The van der Waals surface area contributed by atoms with Crippen molar-refractivity contribution in [2.75, 3.05) is 13.6 Å². The molecule has 0 aliphatic carbocycles. The number of carbonyl (C=O) groups excluding carboxylic acids is 3. The van der Waals surface area contributed by atoms with E-state index in [0.29, 0.717) is 18.1 Å². The first-order valence-electron chi connectivity index (χ1n) is 12.8. The van der Waals surface area contributed by atoms with Gasteiger partial charge in [-0.05, 0) is 43.2 Å². The standard InChI is InChI=1S/C22H23N3O5.C7H16/c1-13-10-19(29-14(13)2)22(28)24-11-15-4-6-16(7-5-15)17-8-9-18(30-17)21(27)25-12-20(26)23-3;1-3-5-7-6-4-2/h4-10H,11-12H2,1-3H3,(H,23,26)(H,24,28)(H,25,27);3-7H2,1-2H3. The van der Waals surface area contributed by atoms with Gasteiger partial charge in [-0.2, -0.15) is 0 Å². The van der Waals surface area contributed by atoms with Crippen LogP contribution < -0.4 is 16.0 Å². The summed E-state index contributed by atoms with van der Waals surface area (Å²) in [5, 5.41) is 7.72. The van der Waals surface area contributed by atoms with Gasteiger partial charge in [-0.3, -0.25) is 14.4 Å². The molecule has 0 radical (unpaired) electrons. The molecule has 2 heterocycles. The van der Waals surface area contributed by atoms with Gasteiger partial charge in [0.05, 0.1) is 6.54 Å². The summed E-state index contributed by atoms with van der Waals surface area (Å²) < 4.78 is 11.0. The number of nitrogens with one attached hydrogen (secondary N) is 3. The molecule has 0 aliphatic rings. The maximum atomic E-state index is 12.2. The summed E-state index contributed by atoms with van der Waals surface area (Å²) in [6, 6.07) is 12.4. The molecular weight excluding hydrogens is 470 g/mol. The second kappa shape index (κ2) is 15.3. The zero-order valence-electron chi connectivity index (χ0n) is 22.5. The van der Waals surface area contributed by atoms with E-state index >= 15 is 0 Å². The quantitative estimate of drug-likeness (QED) is 0.294. The molecule has 3 N–H and O–H groups in total. The summed E-state index contributed by atoms with van der Waals surface area (Å²) in [6.45, 7) is 8.42. The molecule has 3 aromatic rings. The molecule has 1 aromatic carbocycles. The van der Waals surface area contributed by atoms with Crippen LogP contribution in [0.1, 0.15) is 83.9 Å². The number of unbranched alkanes of at least 4 members (excludes halogenated alkanes) is 4. The third-order valence-corrected chi connectivity index (χ3v) is 5.81. The van der Waals surface area contributed by atoms with E-state index in [2.05, 4.69) is 29.8 Å². The first kappa shape index (κ1) is 29.4. The van der Waals surface area contributed by atoms with Crippen LogP contribution in [0.2, 0.25) is 0 Å². The van der Waals surface area contributed by atoms with Gasteiger partial charge in [0.15, 0.2) is 11.5 Å². The number of furan rings is 2. The largest absolute Gasteiger partial charge is 0.456 e. The van der Waals surface area contributed by atoms with Gasteiger partial charge in [0.1, 0.15) is 11.5 Å². The van der Waals surface area contributed by atoms with Crippen molar-refractivity contribution >= 4 is 17.7 Å². The molecular formula is C29H39N3O5. The lowest BCUT2D eigenvalue weighted by atomic mass is 10.1. The van der Waals surface area contributed by atoms with Gasteiger partial charge in [0.2, 0.25) is 5.91 Å². The molecule has 0 spiro atoms. The van der Waals surface area contributed by atoms with Crippen molar-refractivity contribution in [3.05, 3.63) is 70.9 Å². The molecule has 3 rings (SSSR count). The van der Waals surface area contributed by atoms with Crippen LogP contribution in [0.15, 0.2) is 51.3 Å². The molecule has 3 amide bonds. The molecule has 0 saturated carbocycles. The minimum absolute atomic E-state index is 0.120. The van der Waals surface area contributed by atoms with Crippen molar-refractivity contribution in [2.24, 2.45) is 0 Å². The van der Waals surface area contributed by atoms with Crippen LogP contribution >= 0.6 is 0 Å². The molecule has 37 heavy (non-hydrogen) atoms. The number of hydrogen-bond acceptors (Lipinski definition) is 5. The van der Waals surface area contributed by atoms with Gasteiger partial charge < -0.3 is 24.8 Å². The van der Waals surface area contributed by atoms with Gasteiger partial charge in [-0.1, -0.05) is 70.2 Å². The normalized spacial score (nSPS) is 10.3. The summed E-state index contributed by atoms with van der Waals surface area (Å²) in [4.78, 5) is 35.4. The van der Waals surface area contributed by atoms with Crippen molar-refractivity contribution in [3.8, 4) is 11.3 Å². The van der Waals surface area contributed by atoms with Crippen molar-refractivity contribution < 1.29 is 23.2 Å². The van der Waals surface area contributed by atoms with E-state index < -0.39 is 5.91 Å². The van der Waals surface area contributed by atoms with Gasteiger partial charge in [-0.25, -0.2) is 0 Å². The predicted octanol–water partition coefficient (Wildman–Crippen LogP) is 5.54. The Bertz CT molecular complexity index is 1120. The van der Waals surface area contributed by atoms with Crippen LogP contribution in [-0.2, 0) is 11.3 Å². The summed E-state index contributed by atoms with van der Waals surface area (Å²) in [5.41, 5.74) is 2.62. The predicted molar refractivity (Wildman–Crippen MR) is 144 cm³/mol. The highest BCUT2D eigenvalue weighted by Gasteiger charge is 2.14. The number of amides is 3. The zero-order chi connectivity index (χ0) is 27.2. The number of aryl methyl sites for hydroxylation is 2. The van der Waals surface area contributed by atoms with E-state index in [1.54, 1.807) is 18.2 Å². The van der Waals surface area contributed by atoms with Gasteiger partial charge in [-0.15, -0.1) is 0 Å². The number of carbonyl (C=O) groups is 3. The Morgan fingerprint density at radius 3 is 2.00 bits per heavy atom. The third-order valence-electron chi connectivity index (χ3n) is 5.81. The molecule has 0 unspecified atom stereocenters. The van der Waals surface area contributed by atoms with Crippen LogP contribution in [0.4, 0.5) is 0 Å². The number of benzene rings is 1. The first-order valence-corrected chi connectivity index (χ1v) is 12.8. The van der Waals surface area contributed by atoms with Crippen LogP contribution in [0.5, 0.6) is 0 Å². The first-order chi connectivity index (χ1) is 17.8. The summed E-state index contributed by atoms with van der Waals surface area (Å²) in [5.74, 6) is 0.631. The monoisotopic (exact) mass is 509 g/mol. The van der Waals surface area contributed by atoms with E-state index in [0.717, 1.165) is 22.5 Å². The number of likely N-dealkylation sites (N-methyl/N-ethyl adjacent to an activating group) is 1. The average molecular weight is 510 g/mol. The SMILES string of the molecule is CCCCCCC.CNC(=O)CNC(=O)c1ccc(-c2ccc(CNC(=O)c3cc(C)c(C)o3)cc2)o1. The molecule has 0 bridgehead atoms. The van der Waals surface area contributed by atoms with Crippen LogP contribution in [0.3, 0.4) is 0 Å². The molecule has 0 aliphatic heterocycles. The smallest absolute Gasteiger partial charge is 0.287 e. The fourth-order valence-corrected chi connectivity index (χ4v) is 3.37. The Morgan fingerprint density at radius 1 is 0.784 bits per heavy atom. The zero-order valence-corrected chi connectivity index (χ0v) is 22.5. The fraction of sp³-hybridized carbons (Fsp3) is 0.414.